The molecule has 2 heterocycles. The maximum absolute atomic E-state index is 11.2. The molecule has 0 aliphatic carbocycles. The highest BCUT2D eigenvalue weighted by Crippen LogP contribution is 2.38. The summed E-state index contributed by atoms with van der Waals surface area (Å²) in [7, 11) is 0. The van der Waals surface area contributed by atoms with E-state index >= 15 is 0 Å². The Balaban J connectivity index is 1.85. The van der Waals surface area contributed by atoms with E-state index in [4.69, 9.17) is 9.47 Å². The number of rotatable bonds is 4. The average molecular weight is 341 g/mol. The van der Waals surface area contributed by atoms with E-state index in [1.54, 1.807) is 11.3 Å². The van der Waals surface area contributed by atoms with E-state index in [-0.39, 0.29) is 5.97 Å². The molecule has 4 nitrogen and oxygen atoms in total. The first-order chi connectivity index (χ1) is 11.5. The lowest BCUT2D eigenvalue weighted by Crippen LogP contribution is -2.02. The van der Waals surface area contributed by atoms with E-state index in [1.165, 1.54) is 6.92 Å². The number of hydrogen-bond acceptors (Lipinski definition) is 5. The van der Waals surface area contributed by atoms with Crippen LogP contribution in [0.4, 0.5) is 0 Å². The van der Waals surface area contributed by atoms with Gasteiger partial charge in [-0.2, -0.15) is 0 Å². The second-order valence-corrected chi connectivity index (χ2v) is 6.62. The van der Waals surface area contributed by atoms with Gasteiger partial charge in [0.1, 0.15) is 18.1 Å². The summed E-state index contributed by atoms with van der Waals surface area (Å²) < 4.78 is 12.3. The fourth-order valence-electron chi connectivity index (χ4n) is 2.61. The number of pyridine rings is 1. The van der Waals surface area contributed by atoms with Crippen molar-refractivity contribution in [3.05, 3.63) is 52.2 Å². The predicted molar refractivity (Wildman–Crippen MR) is 95.9 cm³/mol. The molecule has 0 spiro atoms. The van der Waals surface area contributed by atoms with Crippen LogP contribution in [0, 0.1) is 20.8 Å². The summed E-state index contributed by atoms with van der Waals surface area (Å²) in [5, 5.41) is 2.80. The molecular weight excluding hydrogens is 322 g/mol. The molecule has 1 aromatic carbocycles. The van der Waals surface area contributed by atoms with Gasteiger partial charge in [-0.3, -0.25) is 9.78 Å². The Hall–Kier alpha value is -2.40. The van der Waals surface area contributed by atoms with Crippen LogP contribution < -0.4 is 9.47 Å². The Bertz CT molecular complexity index is 914. The van der Waals surface area contributed by atoms with Crippen LogP contribution >= 0.6 is 11.3 Å². The van der Waals surface area contributed by atoms with Gasteiger partial charge < -0.3 is 9.47 Å². The van der Waals surface area contributed by atoms with E-state index in [0.717, 1.165) is 38.4 Å². The average Bonchev–Trinajstić information content (AvgIpc) is 2.91. The summed E-state index contributed by atoms with van der Waals surface area (Å²) in [6, 6.07) is 7.91. The molecule has 3 aromatic rings. The zero-order valence-electron chi connectivity index (χ0n) is 14.2. The SMILES string of the molecule is CC(=O)Oc1csc2c(C)c(OCc3ccc(C)nc3C)ccc12. The number of carbonyl (C=O) groups is 1. The van der Waals surface area contributed by atoms with E-state index in [9.17, 15) is 4.79 Å². The number of carbonyl (C=O) groups excluding carboxylic acids is 1. The number of hydrogen-bond donors (Lipinski definition) is 0. The van der Waals surface area contributed by atoms with Gasteiger partial charge in [0.25, 0.3) is 0 Å². The summed E-state index contributed by atoms with van der Waals surface area (Å²) in [4.78, 5) is 15.6. The van der Waals surface area contributed by atoms with Gasteiger partial charge >= 0.3 is 5.97 Å². The zero-order chi connectivity index (χ0) is 17.3. The van der Waals surface area contributed by atoms with Crippen molar-refractivity contribution in [2.45, 2.75) is 34.3 Å². The van der Waals surface area contributed by atoms with Crippen molar-refractivity contribution in [2.24, 2.45) is 0 Å². The summed E-state index contributed by atoms with van der Waals surface area (Å²) >= 11 is 1.55. The summed E-state index contributed by atoms with van der Waals surface area (Å²) in [5.41, 5.74) is 4.12. The Morgan fingerprint density at radius 1 is 1.12 bits per heavy atom. The minimum atomic E-state index is -0.310. The van der Waals surface area contributed by atoms with Crippen molar-refractivity contribution in [1.82, 2.24) is 4.98 Å². The van der Waals surface area contributed by atoms with E-state index in [0.29, 0.717) is 12.4 Å². The molecule has 0 bridgehead atoms. The topological polar surface area (TPSA) is 48.4 Å². The van der Waals surface area contributed by atoms with Crippen LogP contribution in [-0.4, -0.2) is 11.0 Å². The van der Waals surface area contributed by atoms with Gasteiger partial charge in [0.2, 0.25) is 0 Å². The van der Waals surface area contributed by atoms with Crippen molar-refractivity contribution < 1.29 is 14.3 Å². The van der Waals surface area contributed by atoms with Crippen LogP contribution in [0.2, 0.25) is 0 Å². The molecule has 0 aliphatic rings. The Morgan fingerprint density at radius 3 is 2.62 bits per heavy atom. The Morgan fingerprint density at radius 2 is 1.92 bits per heavy atom. The quantitative estimate of drug-likeness (QED) is 0.644. The molecule has 0 atom stereocenters. The third-order valence-electron chi connectivity index (χ3n) is 3.88. The standard InChI is InChI=1S/C19H19NO3S/c1-11-5-6-15(13(3)20-11)9-22-17-8-7-16-18(23-14(4)21)10-24-19(16)12(17)2/h5-8,10H,9H2,1-4H3. The molecule has 0 fully saturated rings. The molecule has 0 radical (unpaired) electrons. The van der Waals surface area contributed by atoms with E-state index in [2.05, 4.69) is 11.1 Å². The molecule has 124 valence electrons. The molecule has 0 saturated heterocycles. The number of esters is 1. The highest BCUT2D eigenvalue weighted by molar-refractivity contribution is 7.17. The second kappa shape index (κ2) is 6.61. The lowest BCUT2D eigenvalue weighted by Gasteiger charge is -2.12. The molecule has 0 saturated carbocycles. The number of fused-ring (bicyclic) bond motifs is 1. The molecule has 0 amide bonds. The summed E-state index contributed by atoms with van der Waals surface area (Å²) in [6.07, 6.45) is 0. The lowest BCUT2D eigenvalue weighted by molar-refractivity contribution is -0.131. The lowest BCUT2D eigenvalue weighted by atomic mass is 10.1. The number of nitrogens with zero attached hydrogens (tertiary/aromatic N) is 1. The van der Waals surface area contributed by atoms with E-state index < -0.39 is 0 Å². The molecule has 5 heteroatoms. The summed E-state index contributed by atoms with van der Waals surface area (Å²) in [6.45, 7) is 7.88. The van der Waals surface area contributed by atoms with Crippen LogP contribution in [0.1, 0.15) is 29.4 Å². The zero-order valence-corrected chi connectivity index (χ0v) is 15.0. The number of aryl methyl sites for hydroxylation is 3. The minimum Gasteiger partial charge on any atom is -0.489 e. The molecule has 24 heavy (non-hydrogen) atoms. The molecule has 0 aliphatic heterocycles. The second-order valence-electron chi connectivity index (χ2n) is 5.74. The third kappa shape index (κ3) is 3.26. The predicted octanol–water partition coefficient (Wildman–Crippen LogP) is 4.73. The van der Waals surface area contributed by atoms with Gasteiger partial charge in [-0.05, 0) is 39.0 Å². The van der Waals surface area contributed by atoms with Crippen LogP contribution in [0.3, 0.4) is 0 Å². The highest BCUT2D eigenvalue weighted by atomic mass is 32.1. The molecule has 2 aromatic heterocycles. The molecule has 3 rings (SSSR count). The number of ether oxygens (including phenoxy) is 2. The fraction of sp³-hybridized carbons (Fsp3) is 0.263. The summed E-state index contributed by atoms with van der Waals surface area (Å²) in [5.74, 6) is 1.13. The van der Waals surface area contributed by atoms with Crippen molar-refractivity contribution >= 4 is 27.4 Å². The largest absolute Gasteiger partial charge is 0.489 e. The van der Waals surface area contributed by atoms with Crippen LogP contribution in [0.5, 0.6) is 11.5 Å². The first-order valence-corrected chi connectivity index (χ1v) is 8.59. The van der Waals surface area contributed by atoms with E-state index in [1.807, 2.05) is 44.4 Å². The van der Waals surface area contributed by atoms with Crippen LogP contribution in [0.25, 0.3) is 10.1 Å². The maximum Gasteiger partial charge on any atom is 0.308 e. The van der Waals surface area contributed by atoms with Crippen molar-refractivity contribution in [2.75, 3.05) is 0 Å². The molecule has 0 N–H and O–H groups in total. The number of aromatic nitrogens is 1. The minimum absolute atomic E-state index is 0.310. The number of thiophene rings is 1. The van der Waals surface area contributed by atoms with Crippen molar-refractivity contribution in [1.29, 1.82) is 0 Å². The molecule has 0 unspecified atom stereocenters. The number of benzene rings is 1. The van der Waals surface area contributed by atoms with Gasteiger partial charge in [0, 0.05) is 44.9 Å². The smallest absolute Gasteiger partial charge is 0.308 e. The molecular formula is C19H19NO3S. The van der Waals surface area contributed by atoms with Crippen molar-refractivity contribution in [3.63, 3.8) is 0 Å². The third-order valence-corrected chi connectivity index (χ3v) is 4.97. The van der Waals surface area contributed by atoms with Gasteiger partial charge in [-0.1, -0.05) is 6.07 Å². The normalized spacial score (nSPS) is 10.8. The van der Waals surface area contributed by atoms with Crippen molar-refractivity contribution in [3.8, 4) is 11.5 Å². The van der Waals surface area contributed by atoms with Gasteiger partial charge in [-0.25, -0.2) is 0 Å². The Labute approximate surface area is 145 Å². The van der Waals surface area contributed by atoms with Crippen LogP contribution in [-0.2, 0) is 11.4 Å². The monoisotopic (exact) mass is 341 g/mol. The first-order valence-electron chi connectivity index (χ1n) is 7.71. The van der Waals surface area contributed by atoms with Gasteiger partial charge in [0.05, 0.1) is 0 Å². The Kier molecular flexibility index (Phi) is 4.53. The maximum atomic E-state index is 11.2. The van der Waals surface area contributed by atoms with Crippen LogP contribution in [0.15, 0.2) is 29.6 Å². The fourth-order valence-corrected chi connectivity index (χ4v) is 3.58. The highest BCUT2D eigenvalue weighted by Gasteiger charge is 2.13. The van der Waals surface area contributed by atoms with Gasteiger partial charge in [0.15, 0.2) is 0 Å². The first kappa shape index (κ1) is 16.5. The van der Waals surface area contributed by atoms with Gasteiger partial charge in [-0.15, -0.1) is 11.3 Å².